The monoisotopic (exact) mass is 500 g/mol. The van der Waals surface area contributed by atoms with Gasteiger partial charge in [0.25, 0.3) is 5.91 Å². The van der Waals surface area contributed by atoms with Crippen LogP contribution in [0.3, 0.4) is 0 Å². The van der Waals surface area contributed by atoms with Gasteiger partial charge in [0.15, 0.2) is 18.1 Å². The molecule has 0 bridgehead atoms. The van der Waals surface area contributed by atoms with Crippen LogP contribution >= 0.6 is 11.6 Å². The van der Waals surface area contributed by atoms with Gasteiger partial charge in [-0.3, -0.25) is 4.79 Å². The van der Waals surface area contributed by atoms with Crippen LogP contribution in [0.25, 0.3) is 0 Å². The largest absolute Gasteiger partial charge is 0.493 e. The molecule has 0 fully saturated rings. The van der Waals surface area contributed by atoms with Crippen LogP contribution < -0.4 is 25.5 Å². The lowest BCUT2D eigenvalue weighted by Crippen LogP contribution is -2.45. The fourth-order valence-corrected chi connectivity index (χ4v) is 3.55. The topological polar surface area (TPSA) is 127 Å². The van der Waals surface area contributed by atoms with E-state index in [4.69, 9.17) is 25.8 Å². The number of hydrogen-bond donors (Lipinski definition) is 3. The minimum atomic E-state index is -0.755. The lowest BCUT2D eigenvalue weighted by molar-refractivity contribution is -0.139. The van der Waals surface area contributed by atoms with Crippen molar-refractivity contribution in [2.45, 2.75) is 19.9 Å². The molecule has 0 unspecified atom stereocenters. The summed E-state index contributed by atoms with van der Waals surface area (Å²) < 4.78 is 16.1. The highest BCUT2D eigenvalue weighted by Gasteiger charge is 2.32. The molecule has 184 valence electrons. The van der Waals surface area contributed by atoms with E-state index in [1.807, 2.05) is 0 Å². The normalized spacial score (nSPS) is 15.3. The van der Waals surface area contributed by atoms with Crippen LogP contribution in [0, 0.1) is 0 Å². The van der Waals surface area contributed by atoms with Crippen LogP contribution in [0.4, 0.5) is 4.79 Å². The number of carbonyl (C=O) groups is 3. The Balaban J connectivity index is 1.69. The van der Waals surface area contributed by atoms with Crippen molar-refractivity contribution >= 4 is 35.7 Å². The molecule has 0 spiro atoms. The number of amides is 3. The standard InChI is InChI=1S/C24H25ClN4O6/c1-4-34-23(31)21-14(2)27-24(32)28-22(21)16-8-9-18(19(11-16)33-3)35-13-20(30)29-26-12-15-6-5-7-17(25)10-15/h5-12,22H,4,13H2,1-3H3,(H,29,30)(H2,27,28,32)/b26-12-/t22-/m1/s1. The minimum absolute atomic E-state index is 0.192. The highest BCUT2D eigenvalue weighted by molar-refractivity contribution is 6.30. The average molecular weight is 501 g/mol. The molecule has 10 nitrogen and oxygen atoms in total. The van der Waals surface area contributed by atoms with Crippen molar-refractivity contribution < 1.29 is 28.6 Å². The number of urea groups is 1. The molecule has 0 aliphatic carbocycles. The van der Waals surface area contributed by atoms with Crippen LogP contribution in [0.5, 0.6) is 11.5 Å². The molecular weight excluding hydrogens is 476 g/mol. The van der Waals surface area contributed by atoms with Crippen molar-refractivity contribution in [2.24, 2.45) is 5.10 Å². The van der Waals surface area contributed by atoms with E-state index < -0.39 is 23.9 Å². The Labute approximate surface area is 207 Å². The van der Waals surface area contributed by atoms with Gasteiger partial charge in [0.1, 0.15) is 0 Å². The number of nitrogens with one attached hydrogen (secondary N) is 3. The summed E-state index contributed by atoms with van der Waals surface area (Å²) in [6, 6.07) is 10.7. The van der Waals surface area contributed by atoms with Crippen molar-refractivity contribution in [3.63, 3.8) is 0 Å². The Bertz CT molecular complexity index is 1180. The molecule has 1 atom stereocenters. The number of hydrogen-bond acceptors (Lipinski definition) is 7. The number of nitrogens with zero attached hydrogens (tertiary/aromatic N) is 1. The number of methoxy groups -OCH3 is 1. The molecule has 0 aromatic heterocycles. The first-order chi connectivity index (χ1) is 16.8. The van der Waals surface area contributed by atoms with Crippen molar-refractivity contribution in [2.75, 3.05) is 20.3 Å². The smallest absolute Gasteiger partial charge is 0.338 e. The lowest BCUT2D eigenvalue weighted by atomic mass is 9.95. The molecule has 0 radical (unpaired) electrons. The number of rotatable bonds is 9. The summed E-state index contributed by atoms with van der Waals surface area (Å²) in [6.45, 7) is 3.20. The third kappa shape index (κ3) is 6.73. The van der Waals surface area contributed by atoms with E-state index in [9.17, 15) is 14.4 Å². The van der Waals surface area contributed by atoms with Crippen LogP contribution in [0.15, 0.2) is 58.8 Å². The van der Waals surface area contributed by atoms with Gasteiger partial charge in [-0.1, -0.05) is 29.8 Å². The molecule has 2 aromatic rings. The summed E-state index contributed by atoms with van der Waals surface area (Å²) in [5.74, 6) is -0.421. The van der Waals surface area contributed by atoms with E-state index >= 15 is 0 Å². The zero-order chi connectivity index (χ0) is 25.4. The molecule has 35 heavy (non-hydrogen) atoms. The molecular formula is C24H25ClN4O6. The molecule has 0 saturated heterocycles. The van der Waals surface area contributed by atoms with E-state index in [0.717, 1.165) is 5.56 Å². The Morgan fingerprint density at radius 3 is 2.71 bits per heavy atom. The third-order valence-electron chi connectivity index (χ3n) is 4.90. The highest BCUT2D eigenvalue weighted by Crippen LogP contribution is 2.34. The molecule has 11 heteroatoms. The second-order valence-electron chi connectivity index (χ2n) is 7.34. The number of esters is 1. The summed E-state index contributed by atoms with van der Waals surface area (Å²) in [5, 5.41) is 9.74. The van der Waals surface area contributed by atoms with E-state index in [1.165, 1.54) is 13.3 Å². The number of carbonyl (C=O) groups excluding carboxylic acids is 3. The first kappa shape index (κ1) is 25.6. The van der Waals surface area contributed by atoms with E-state index in [0.29, 0.717) is 27.8 Å². The second kappa shape index (κ2) is 11.9. The van der Waals surface area contributed by atoms with Gasteiger partial charge in [0, 0.05) is 10.7 Å². The van der Waals surface area contributed by atoms with Gasteiger partial charge in [0.2, 0.25) is 0 Å². The Kier molecular flexibility index (Phi) is 8.69. The number of benzene rings is 2. The van der Waals surface area contributed by atoms with Gasteiger partial charge in [-0.05, 0) is 49.2 Å². The van der Waals surface area contributed by atoms with Crippen molar-refractivity contribution in [3.05, 3.63) is 69.9 Å². The van der Waals surface area contributed by atoms with Gasteiger partial charge >= 0.3 is 12.0 Å². The Morgan fingerprint density at radius 2 is 2.00 bits per heavy atom. The van der Waals surface area contributed by atoms with Gasteiger partial charge in [0.05, 0.1) is 31.5 Å². The minimum Gasteiger partial charge on any atom is -0.493 e. The molecule has 1 aliphatic heterocycles. The fraction of sp³-hybridized carbons (Fsp3) is 0.250. The molecule has 3 amide bonds. The van der Waals surface area contributed by atoms with E-state index in [-0.39, 0.29) is 18.8 Å². The van der Waals surface area contributed by atoms with Crippen molar-refractivity contribution in [3.8, 4) is 11.5 Å². The molecule has 3 rings (SSSR count). The van der Waals surface area contributed by atoms with Gasteiger partial charge in [-0.25, -0.2) is 15.0 Å². The highest BCUT2D eigenvalue weighted by atomic mass is 35.5. The quantitative estimate of drug-likeness (QED) is 0.276. The number of ether oxygens (including phenoxy) is 3. The molecule has 1 aliphatic rings. The summed E-state index contributed by atoms with van der Waals surface area (Å²) in [4.78, 5) is 36.7. The first-order valence-electron chi connectivity index (χ1n) is 10.7. The van der Waals surface area contributed by atoms with Gasteiger partial charge in [-0.2, -0.15) is 5.10 Å². The SMILES string of the molecule is CCOC(=O)C1=C(C)NC(=O)N[C@@H]1c1ccc(OCC(=O)N/N=C\c2cccc(Cl)c2)c(OC)c1. The fourth-order valence-electron chi connectivity index (χ4n) is 3.35. The molecule has 0 saturated carbocycles. The maximum absolute atomic E-state index is 12.5. The first-order valence-corrected chi connectivity index (χ1v) is 11.0. The third-order valence-corrected chi connectivity index (χ3v) is 5.13. The number of allylic oxidation sites excluding steroid dienone is 1. The second-order valence-corrected chi connectivity index (χ2v) is 7.77. The number of hydrazone groups is 1. The van der Waals surface area contributed by atoms with E-state index in [2.05, 4.69) is 21.2 Å². The zero-order valence-corrected chi connectivity index (χ0v) is 20.1. The predicted octanol–water partition coefficient (Wildman–Crippen LogP) is 3.07. The summed E-state index contributed by atoms with van der Waals surface area (Å²) in [6.07, 6.45) is 1.46. The zero-order valence-electron chi connectivity index (χ0n) is 19.4. The van der Waals surface area contributed by atoms with Gasteiger partial charge < -0.3 is 24.8 Å². The summed E-state index contributed by atoms with van der Waals surface area (Å²) in [7, 11) is 1.44. The van der Waals surface area contributed by atoms with Gasteiger partial charge in [-0.15, -0.1) is 0 Å². The average Bonchev–Trinajstić information content (AvgIpc) is 2.82. The van der Waals surface area contributed by atoms with Crippen LogP contribution in [-0.4, -0.2) is 44.4 Å². The van der Waals surface area contributed by atoms with Crippen molar-refractivity contribution in [1.82, 2.24) is 16.1 Å². The Hall–Kier alpha value is -4.05. The maximum Gasteiger partial charge on any atom is 0.338 e. The van der Waals surface area contributed by atoms with E-state index in [1.54, 1.807) is 56.3 Å². The van der Waals surface area contributed by atoms with Crippen LogP contribution in [0.1, 0.15) is 31.0 Å². The summed E-state index contributed by atoms with van der Waals surface area (Å²) in [5.41, 5.74) is 4.34. The molecule has 2 aromatic carbocycles. The number of halogens is 1. The molecule has 1 heterocycles. The maximum atomic E-state index is 12.5. The summed E-state index contributed by atoms with van der Waals surface area (Å²) >= 11 is 5.91. The lowest BCUT2D eigenvalue weighted by Gasteiger charge is -2.28. The van der Waals surface area contributed by atoms with Crippen LogP contribution in [-0.2, 0) is 14.3 Å². The van der Waals surface area contributed by atoms with Crippen molar-refractivity contribution in [1.29, 1.82) is 0 Å². The predicted molar refractivity (Wildman–Crippen MR) is 129 cm³/mol. The van der Waals surface area contributed by atoms with Crippen LogP contribution in [0.2, 0.25) is 5.02 Å². The molecule has 3 N–H and O–H groups in total. The Morgan fingerprint density at radius 1 is 1.20 bits per heavy atom.